The predicted octanol–water partition coefficient (Wildman–Crippen LogP) is 3.96. The van der Waals surface area contributed by atoms with Crippen LogP contribution in [0.2, 0.25) is 0 Å². The van der Waals surface area contributed by atoms with Crippen LogP contribution in [0.15, 0.2) is 53.1 Å². The highest BCUT2D eigenvalue weighted by Gasteiger charge is 2.26. The van der Waals surface area contributed by atoms with Gasteiger partial charge in [0.15, 0.2) is 9.84 Å². The number of benzene rings is 1. The van der Waals surface area contributed by atoms with Gasteiger partial charge in [-0.05, 0) is 69.0 Å². The van der Waals surface area contributed by atoms with Crippen molar-refractivity contribution in [3.63, 3.8) is 0 Å². The molecule has 9 heteroatoms. The molecule has 1 amide bonds. The molecule has 1 unspecified atom stereocenters. The van der Waals surface area contributed by atoms with E-state index in [1.165, 1.54) is 24.8 Å². The molecule has 2 aromatic heterocycles. The lowest BCUT2D eigenvalue weighted by Gasteiger charge is -2.32. The lowest BCUT2D eigenvalue weighted by molar-refractivity contribution is -0.121. The van der Waals surface area contributed by atoms with Gasteiger partial charge in [-0.1, -0.05) is 12.1 Å². The number of nitrogens with one attached hydrogen (secondary N) is 1. The standard InChI is InChI=1S/C29H36N4O4S/c1-21-6-10-25(26(18-21)33-12-4-3-5-13-33)29(27-11-7-22(2)37-27)31-28(34)19-23-8-9-24(20-30-23)32-14-16-38(35,36)17-15-32/h6-11,18,20,29H,3-5,12-17,19H2,1-2H3,(H,31,34). The minimum absolute atomic E-state index is 0.135. The minimum Gasteiger partial charge on any atom is -0.464 e. The second-order valence-corrected chi connectivity index (χ2v) is 12.7. The number of pyridine rings is 1. The molecule has 8 nitrogen and oxygen atoms in total. The fraction of sp³-hybridized carbons (Fsp3) is 0.448. The molecule has 1 N–H and O–H groups in total. The van der Waals surface area contributed by atoms with Crippen molar-refractivity contribution in [2.75, 3.05) is 47.5 Å². The molecule has 0 aliphatic carbocycles. The summed E-state index contributed by atoms with van der Waals surface area (Å²) in [4.78, 5) is 22.3. The molecule has 2 saturated heterocycles. The van der Waals surface area contributed by atoms with Gasteiger partial charge in [-0.15, -0.1) is 0 Å². The third-order valence-corrected chi connectivity index (χ3v) is 9.01. The van der Waals surface area contributed by atoms with Crippen molar-refractivity contribution in [1.82, 2.24) is 10.3 Å². The summed E-state index contributed by atoms with van der Waals surface area (Å²) in [5.41, 5.74) is 4.90. The number of amides is 1. The lowest BCUT2D eigenvalue weighted by Crippen LogP contribution is -2.40. The Hall–Kier alpha value is -3.33. The molecule has 2 aliphatic rings. The molecular formula is C29H36N4O4S. The van der Waals surface area contributed by atoms with Gasteiger partial charge in [-0.25, -0.2) is 8.42 Å². The van der Waals surface area contributed by atoms with E-state index < -0.39 is 15.9 Å². The molecule has 1 atom stereocenters. The molecule has 202 valence electrons. The maximum Gasteiger partial charge on any atom is 0.226 e. The zero-order valence-electron chi connectivity index (χ0n) is 22.2. The highest BCUT2D eigenvalue weighted by atomic mass is 32.2. The first kappa shape index (κ1) is 26.3. The average Bonchev–Trinajstić information content (AvgIpc) is 3.34. The molecule has 3 aromatic rings. The number of carbonyl (C=O) groups is 1. The summed E-state index contributed by atoms with van der Waals surface area (Å²) in [5.74, 6) is 1.68. The summed E-state index contributed by atoms with van der Waals surface area (Å²) in [7, 11) is -2.94. The molecule has 2 fully saturated rings. The SMILES string of the molecule is Cc1ccc(C(NC(=O)Cc2ccc(N3CCS(=O)(=O)CC3)cn2)c2ccc(C)o2)c(N2CCCCC2)c1. The Morgan fingerprint density at radius 1 is 0.974 bits per heavy atom. The van der Waals surface area contributed by atoms with Crippen LogP contribution >= 0.6 is 0 Å². The van der Waals surface area contributed by atoms with Crippen molar-refractivity contribution in [3.05, 3.63) is 77.0 Å². The molecule has 1 aromatic carbocycles. The van der Waals surface area contributed by atoms with Crippen molar-refractivity contribution in [3.8, 4) is 0 Å². The van der Waals surface area contributed by atoms with E-state index >= 15 is 0 Å². The van der Waals surface area contributed by atoms with Gasteiger partial charge in [0.1, 0.15) is 17.6 Å². The number of aryl methyl sites for hydroxylation is 2. The number of anilines is 2. The smallest absolute Gasteiger partial charge is 0.226 e. The number of aromatic nitrogens is 1. The summed E-state index contributed by atoms with van der Waals surface area (Å²) in [6.45, 7) is 6.95. The Bertz CT molecular complexity index is 1360. The van der Waals surface area contributed by atoms with E-state index in [1.807, 2.05) is 36.1 Å². The Labute approximate surface area is 225 Å². The third kappa shape index (κ3) is 6.20. The van der Waals surface area contributed by atoms with E-state index in [-0.39, 0.29) is 23.8 Å². The summed E-state index contributed by atoms with van der Waals surface area (Å²) < 4.78 is 29.5. The summed E-state index contributed by atoms with van der Waals surface area (Å²) in [6, 6.07) is 13.6. The van der Waals surface area contributed by atoms with E-state index in [4.69, 9.17) is 4.42 Å². The maximum absolute atomic E-state index is 13.3. The third-order valence-electron chi connectivity index (χ3n) is 7.41. The molecule has 0 spiro atoms. The normalized spacial score (nSPS) is 18.3. The van der Waals surface area contributed by atoms with E-state index in [0.717, 1.165) is 35.8 Å². The van der Waals surface area contributed by atoms with Crippen LogP contribution in [0.4, 0.5) is 11.4 Å². The molecular weight excluding hydrogens is 500 g/mol. The topological polar surface area (TPSA) is 95.8 Å². The van der Waals surface area contributed by atoms with Crippen molar-refractivity contribution < 1.29 is 17.6 Å². The highest BCUT2D eigenvalue weighted by molar-refractivity contribution is 7.91. The molecule has 38 heavy (non-hydrogen) atoms. The number of furan rings is 1. The maximum atomic E-state index is 13.3. The number of nitrogens with zero attached hydrogens (tertiary/aromatic N) is 3. The zero-order valence-corrected chi connectivity index (χ0v) is 23.0. The van der Waals surface area contributed by atoms with Gasteiger partial charge in [0.2, 0.25) is 5.91 Å². The number of hydrogen-bond donors (Lipinski definition) is 1. The first-order valence-electron chi connectivity index (χ1n) is 13.4. The molecule has 0 bridgehead atoms. The van der Waals surface area contributed by atoms with Gasteiger partial charge < -0.3 is 19.5 Å². The molecule has 5 rings (SSSR count). The van der Waals surface area contributed by atoms with Crippen molar-refractivity contribution in [2.24, 2.45) is 0 Å². The Morgan fingerprint density at radius 2 is 1.74 bits per heavy atom. The van der Waals surface area contributed by atoms with Crippen LogP contribution in [0.5, 0.6) is 0 Å². The number of rotatable bonds is 7. The zero-order chi connectivity index (χ0) is 26.7. The van der Waals surface area contributed by atoms with Gasteiger partial charge in [0, 0.05) is 43.1 Å². The van der Waals surface area contributed by atoms with Crippen LogP contribution in [0.3, 0.4) is 0 Å². The van der Waals surface area contributed by atoms with Gasteiger partial charge >= 0.3 is 0 Å². The van der Waals surface area contributed by atoms with Crippen molar-refractivity contribution in [1.29, 1.82) is 0 Å². The number of carbonyl (C=O) groups excluding carboxylic acids is 1. The lowest BCUT2D eigenvalue weighted by atomic mass is 9.98. The summed E-state index contributed by atoms with van der Waals surface area (Å²) >= 11 is 0. The van der Waals surface area contributed by atoms with Gasteiger partial charge in [-0.3, -0.25) is 9.78 Å². The van der Waals surface area contributed by atoms with Gasteiger partial charge in [0.05, 0.1) is 29.8 Å². The van der Waals surface area contributed by atoms with E-state index in [1.54, 1.807) is 6.20 Å². The number of piperidine rings is 1. The van der Waals surface area contributed by atoms with Crippen LogP contribution in [-0.2, 0) is 21.1 Å². The molecule has 0 saturated carbocycles. The van der Waals surface area contributed by atoms with E-state index in [9.17, 15) is 13.2 Å². The van der Waals surface area contributed by atoms with Crippen LogP contribution in [0, 0.1) is 13.8 Å². The molecule has 0 radical (unpaired) electrons. The first-order chi connectivity index (χ1) is 18.3. The van der Waals surface area contributed by atoms with E-state index in [2.05, 4.69) is 40.3 Å². The quantitative estimate of drug-likeness (QED) is 0.488. The van der Waals surface area contributed by atoms with Crippen molar-refractivity contribution >= 4 is 27.1 Å². The van der Waals surface area contributed by atoms with Crippen LogP contribution in [0.25, 0.3) is 0 Å². The van der Waals surface area contributed by atoms with Crippen LogP contribution in [-0.4, -0.2) is 57.0 Å². The number of sulfone groups is 1. The predicted molar refractivity (Wildman–Crippen MR) is 149 cm³/mol. The number of hydrogen-bond acceptors (Lipinski definition) is 7. The first-order valence-corrected chi connectivity index (χ1v) is 15.2. The Kier molecular flexibility index (Phi) is 7.74. The second kappa shape index (κ2) is 11.2. The molecule has 2 aliphatic heterocycles. The monoisotopic (exact) mass is 536 g/mol. The largest absolute Gasteiger partial charge is 0.464 e. The van der Waals surface area contributed by atoms with Crippen molar-refractivity contribution in [2.45, 2.75) is 45.6 Å². The second-order valence-electron chi connectivity index (χ2n) is 10.4. The van der Waals surface area contributed by atoms with Gasteiger partial charge in [-0.2, -0.15) is 0 Å². The Morgan fingerprint density at radius 3 is 2.39 bits per heavy atom. The average molecular weight is 537 g/mol. The van der Waals surface area contributed by atoms with Crippen LogP contribution < -0.4 is 15.1 Å². The fourth-order valence-electron chi connectivity index (χ4n) is 5.27. The highest BCUT2D eigenvalue weighted by Crippen LogP contribution is 2.34. The van der Waals surface area contributed by atoms with Gasteiger partial charge in [0.25, 0.3) is 0 Å². The van der Waals surface area contributed by atoms with Crippen LogP contribution in [0.1, 0.15) is 53.6 Å². The summed E-state index contributed by atoms with van der Waals surface area (Å²) in [6.07, 6.45) is 5.44. The summed E-state index contributed by atoms with van der Waals surface area (Å²) in [5, 5.41) is 3.22. The Balaban J connectivity index is 1.34. The minimum atomic E-state index is -2.94. The molecule has 4 heterocycles. The fourth-order valence-corrected chi connectivity index (χ4v) is 6.47. The van der Waals surface area contributed by atoms with E-state index in [0.29, 0.717) is 24.5 Å².